The van der Waals surface area contributed by atoms with Crippen LogP contribution in [0.2, 0.25) is 0 Å². The van der Waals surface area contributed by atoms with Crippen LogP contribution in [-0.2, 0) is 0 Å². The first kappa shape index (κ1) is 16.8. The summed E-state index contributed by atoms with van der Waals surface area (Å²) in [4.78, 5) is 24.2. The maximum atomic E-state index is 12.6. The summed E-state index contributed by atoms with van der Waals surface area (Å²) in [6.45, 7) is 5.87. The van der Waals surface area contributed by atoms with Gasteiger partial charge in [-0.2, -0.15) is 0 Å². The van der Waals surface area contributed by atoms with E-state index in [9.17, 15) is 9.59 Å². The number of carbonyl (C=O) groups excluding carboxylic acids is 2. The van der Waals surface area contributed by atoms with Gasteiger partial charge < -0.3 is 15.1 Å². The molecule has 2 aromatic carbocycles. The van der Waals surface area contributed by atoms with Gasteiger partial charge >= 0.3 is 0 Å². The van der Waals surface area contributed by atoms with E-state index in [4.69, 9.17) is 4.42 Å². The zero-order valence-electron chi connectivity index (χ0n) is 14.7. The number of furan rings is 1. The van der Waals surface area contributed by atoms with E-state index in [0.717, 1.165) is 27.7 Å². The first-order chi connectivity index (χ1) is 11.9. The van der Waals surface area contributed by atoms with Gasteiger partial charge in [0.2, 0.25) is 0 Å². The van der Waals surface area contributed by atoms with E-state index in [1.54, 1.807) is 31.3 Å². The number of amides is 2. The molecular weight excluding hydrogens is 316 g/mol. The third kappa shape index (κ3) is 3.13. The van der Waals surface area contributed by atoms with Crippen LogP contribution < -0.4 is 10.6 Å². The summed E-state index contributed by atoms with van der Waals surface area (Å²) in [6.07, 6.45) is 0. The van der Waals surface area contributed by atoms with Crippen LogP contribution in [0, 0.1) is 20.8 Å². The number of rotatable bonds is 3. The van der Waals surface area contributed by atoms with Gasteiger partial charge in [-0.15, -0.1) is 0 Å². The lowest BCUT2D eigenvalue weighted by Crippen LogP contribution is -2.18. The van der Waals surface area contributed by atoms with Crippen LogP contribution >= 0.6 is 0 Å². The molecule has 0 saturated carbocycles. The summed E-state index contributed by atoms with van der Waals surface area (Å²) in [7, 11) is 1.58. The number of hydrogen-bond acceptors (Lipinski definition) is 3. The minimum atomic E-state index is -0.307. The molecule has 0 spiro atoms. The maximum absolute atomic E-state index is 12.6. The van der Waals surface area contributed by atoms with Gasteiger partial charge in [-0.05, 0) is 62.2 Å². The summed E-state index contributed by atoms with van der Waals surface area (Å²) in [5, 5.41) is 6.33. The molecule has 0 fully saturated rings. The topological polar surface area (TPSA) is 71.3 Å². The fourth-order valence-electron chi connectivity index (χ4n) is 2.92. The molecule has 0 unspecified atom stereocenters. The molecule has 0 radical (unpaired) electrons. The van der Waals surface area contributed by atoms with Crippen LogP contribution in [0.25, 0.3) is 11.0 Å². The molecule has 0 aliphatic carbocycles. The van der Waals surface area contributed by atoms with Crippen LogP contribution in [0.5, 0.6) is 0 Å². The summed E-state index contributed by atoms with van der Waals surface area (Å²) >= 11 is 0. The Labute approximate surface area is 146 Å². The summed E-state index contributed by atoms with van der Waals surface area (Å²) < 4.78 is 5.82. The Morgan fingerprint density at radius 1 is 0.960 bits per heavy atom. The highest BCUT2D eigenvalue weighted by atomic mass is 16.3. The van der Waals surface area contributed by atoms with Crippen LogP contribution in [0.1, 0.15) is 37.6 Å². The SMILES string of the molecule is CNC(=O)c1ccc(NC(=O)c2oc3c(C)cc(C)cc3c2C)cc1. The lowest BCUT2D eigenvalue weighted by molar-refractivity contribution is 0.0962. The monoisotopic (exact) mass is 336 g/mol. The third-order valence-electron chi connectivity index (χ3n) is 4.21. The fraction of sp³-hybridized carbons (Fsp3) is 0.200. The Bertz CT molecular complexity index is 969. The van der Waals surface area contributed by atoms with Gasteiger partial charge in [0.15, 0.2) is 5.76 Å². The molecule has 1 heterocycles. The van der Waals surface area contributed by atoms with Gasteiger partial charge in [0.25, 0.3) is 11.8 Å². The quantitative estimate of drug-likeness (QED) is 0.760. The molecule has 2 N–H and O–H groups in total. The lowest BCUT2D eigenvalue weighted by atomic mass is 10.1. The Morgan fingerprint density at radius 2 is 1.64 bits per heavy atom. The molecular formula is C20H20N2O3. The Hall–Kier alpha value is -3.08. The van der Waals surface area contributed by atoms with Crippen LogP contribution in [0.3, 0.4) is 0 Å². The van der Waals surface area contributed by atoms with Crippen molar-refractivity contribution in [1.82, 2.24) is 5.32 Å². The molecule has 5 heteroatoms. The summed E-state index contributed by atoms with van der Waals surface area (Å²) in [6, 6.07) is 10.8. The van der Waals surface area contributed by atoms with Crippen molar-refractivity contribution in [1.29, 1.82) is 0 Å². The highest BCUT2D eigenvalue weighted by Gasteiger charge is 2.19. The standard InChI is InChI=1S/C20H20N2O3/c1-11-9-12(2)17-16(10-11)13(3)18(25-17)20(24)22-15-7-5-14(6-8-15)19(23)21-4/h5-10H,1-4H3,(H,21,23)(H,22,24). The maximum Gasteiger partial charge on any atom is 0.291 e. The lowest BCUT2D eigenvalue weighted by Gasteiger charge is -2.05. The predicted molar refractivity (Wildman–Crippen MR) is 98.2 cm³/mol. The van der Waals surface area contributed by atoms with E-state index in [1.807, 2.05) is 32.9 Å². The molecule has 0 aliphatic heterocycles. The number of benzene rings is 2. The van der Waals surface area contributed by atoms with Gasteiger partial charge in [-0.25, -0.2) is 0 Å². The minimum absolute atomic E-state index is 0.170. The zero-order chi connectivity index (χ0) is 18.1. The Balaban J connectivity index is 1.89. The van der Waals surface area contributed by atoms with Crippen molar-refractivity contribution in [3.8, 4) is 0 Å². The molecule has 2 amide bonds. The number of aryl methyl sites for hydroxylation is 3. The molecule has 0 aliphatic rings. The zero-order valence-corrected chi connectivity index (χ0v) is 14.7. The molecule has 1 aromatic heterocycles. The third-order valence-corrected chi connectivity index (χ3v) is 4.21. The highest BCUT2D eigenvalue weighted by Crippen LogP contribution is 2.29. The molecule has 0 saturated heterocycles. The van der Waals surface area contributed by atoms with Gasteiger partial charge in [0.1, 0.15) is 5.58 Å². The number of fused-ring (bicyclic) bond motifs is 1. The van der Waals surface area contributed by atoms with E-state index in [0.29, 0.717) is 17.0 Å². The van der Waals surface area contributed by atoms with Gasteiger partial charge in [-0.1, -0.05) is 6.07 Å². The van der Waals surface area contributed by atoms with Crippen molar-refractivity contribution >= 4 is 28.5 Å². The first-order valence-corrected chi connectivity index (χ1v) is 8.04. The van der Waals surface area contributed by atoms with Crippen molar-refractivity contribution < 1.29 is 14.0 Å². The van der Waals surface area contributed by atoms with Crippen molar-refractivity contribution in [2.24, 2.45) is 0 Å². The van der Waals surface area contributed by atoms with Gasteiger partial charge in [0, 0.05) is 29.2 Å². The highest BCUT2D eigenvalue weighted by molar-refractivity contribution is 6.07. The van der Waals surface area contributed by atoms with Crippen molar-refractivity contribution in [3.05, 3.63) is 64.4 Å². The Kier molecular flexibility index (Phi) is 4.31. The van der Waals surface area contributed by atoms with Crippen molar-refractivity contribution in [2.75, 3.05) is 12.4 Å². The molecule has 3 aromatic rings. The van der Waals surface area contributed by atoms with Gasteiger partial charge in [-0.3, -0.25) is 9.59 Å². The second kappa shape index (κ2) is 6.43. The summed E-state index contributed by atoms with van der Waals surface area (Å²) in [5.41, 5.74) is 4.83. The second-order valence-corrected chi connectivity index (χ2v) is 6.13. The molecule has 25 heavy (non-hydrogen) atoms. The van der Waals surface area contributed by atoms with E-state index in [2.05, 4.69) is 10.6 Å². The van der Waals surface area contributed by atoms with Gasteiger partial charge in [0.05, 0.1) is 0 Å². The normalized spacial score (nSPS) is 10.7. The van der Waals surface area contributed by atoms with Crippen LogP contribution in [-0.4, -0.2) is 18.9 Å². The van der Waals surface area contributed by atoms with Crippen LogP contribution in [0.4, 0.5) is 5.69 Å². The molecule has 5 nitrogen and oxygen atoms in total. The molecule has 0 bridgehead atoms. The number of anilines is 1. The first-order valence-electron chi connectivity index (χ1n) is 8.04. The average molecular weight is 336 g/mol. The predicted octanol–water partition coefficient (Wildman–Crippen LogP) is 3.97. The molecule has 128 valence electrons. The largest absolute Gasteiger partial charge is 0.450 e. The number of carbonyl (C=O) groups is 2. The van der Waals surface area contributed by atoms with Crippen molar-refractivity contribution in [2.45, 2.75) is 20.8 Å². The number of hydrogen-bond donors (Lipinski definition) is 2. The second-order valence-electron chi connectivity index (χ2n) is 6.13. The minimum Gasteiger partial charge on any atom is -0.450 e. The smallest absolute Gasteiger partial charge is 0.291 e. The molecule has 0 atom stereocenters. The van der Waals surface area contributed by atoms with E-state index in [1.165, 1.54) is 0 Å². The fourth-order valence-corrected chi connectivity index (χ4v) is 2.92. The van der Waals surface area contributed by atoms with E-state index < -0.39 is 0 Å². The average Bonchev–Trinajstić information content (AvgIpc) is 2.92. The Morgan fingerprint density at radius 3 is 2.28 bits per heavy atom. The van der Waals surface area contributed by atoms with Crippen molar-refractivity contribution in [3.63, 3.8) is 0 Å². The van der Waals surface area contributed by atoms with Crippen LogP contribution in [0.15, 0.2) is 40.8 Å². The summed E-state index contributed by atoms with van der Waals surface area (Å²) in [5.74, 6) is -0.172. The van der Waals surface area contributed by atoms with E-state index >= 15 is 0 Å². The van der Waals surface area contributed by atoms with E-state index in [-0.39, 0.29) is 11.8 Å². The molecule has 3 rings (SSSR count). The number of nitrogens with one attached hydrogen (secondary N) is 2.